The zero-order valence-corrected chi connectivity index (χ0v) is 12.5. The Hall–Kier alpha value is -1.19. The van der Waals surface area contributed by atoms with Crippen LogP contribution in [0.4, 0.5) is 4.39 Å². The van der Waals surface area contributed by atoms with Crippen LogP contribution in [0, 0.1) is 12.7 Å². The molecule has 0 saturated carbocycles. The van der Waals surface area contributed by atoms with Crippen molar-refractivity contribution >= 4 is 15.9 Å². The second kappa shape index (κ2) is 5.85. The van der Waals surface area contributed by atoms with Gasteiger partial charge in [-0.2, -0.15) is 0 Å². The first-order valence-corrected chi connectivity index (χ1v) is 7.04. The van der Waals surface area contributed by atoms with E-state index in [0.29, 0.717) is 17.5 Å². The lowest BCUT2D eigenvalue weighted by molar-refractivity contribution is 0.219. The predicted octanol–water partition coefficient (Wildman–Crippen LogP) is 4.54. The highest BCUT2D eigenvalue weighted by molar-refractivity contribution is 9.10. The molecule has 0 aliphatic rings. The number of aryl methyl sites for hydroxylation is 2. The SMILES string of the molecule is CCc1ccc(C(O)c2ccc(C)cc2Br)cc1F. The summed E-state index contributed by atoms with van der Waals surface area (Å²) >= 11 is 3.44. The number of hydrogen-bond acceptors (Lipinski definition) is 1. The van der Waals surface area contributed by atoms with Crippen LogP contribution in [0.15, 0.2) is 40.9 Å². The first-order valence-electron chi connectivity index (χ1n) is 6.25. The molecular formula is C16H16BrFO. The van der Waals surface area contributed by atoms with Gasteiger partial charge in [-0.1, -0.05) is 47.1 Å². The molecule has 2 aromatic carbocycles. The van der Waals surface area contributed by atoms with E-state index in [1.54, 1.807) is 12.1 Å². The van der Waals surface area contributed by atoms with Crippen LogP contribution in [0.25, 0.3) is 0 Å². The van der Waals surface area contributed by atoms with Crippen LogP contribution >= 0.6 is 15.9 Å². The van der Waals surface area contributed by atoms with Crippen molar-refractivity contribution in [1.29, 1.82) is 0 Å². The normalized spacial score (nSPS) is 12.5. The van der Waals surface area contributed by atoms with E-state index in [4.69, 9.17) is 0 Å². The van der Waals surface area contributed by atoms with Gasteiger partial charge in [0.25, 0.3) is 0 Å². The van der Waals surface area contributed by atoms with E-state index >= 15 is 0 Å². The summed E-state index contributed by atoms with van der Waals surface area (Å²) in [6.45, 7) is 3.89. The van der Waals surface area contributed by atoms with Crippen LogP contribution in [0.2, 0.25) is 0 Å². The second-order valence-electron chi connectivity index (χ2n) is 4.63. The van der Waals surface area contributed by atoms with Gasteiger partial charge in [0.2, 0.25) is 0 Å². The van der Waals surface area contributed by atoms with E-state index in [1.165, 1.54) is 6.07 Å². The molecule has 0 spiro atoms. The monoisotopic (exact) mass is 322 g/mol. The fourth-order valence-electron chi connectivity index (χ4n) is 2.05. The third-order valence-corrected chi connectivity index (χ3v) is 3.91. The minimum absolute atomic E-state index is 0.262. The molecule has 0 fully saturated rings. The third-order valence-electron chi connectivity index (χ3n) is 3.22. The Morgan fingerprint density at radius 2 is 1.95 bits per heavy atom. The summed E-state index contributed by atoms with van der Waals surface area (Å²) in [5.74, 6) is -0.262. The van der Waals surface area contributed by atoms with Gasteiger partial charge in [0.15, 0.2) is 0 Å². The minimum atomic E-state index is -0.824. The van der Waals surface area contributed by atoms with Gasteiger partial charge in [-0.05, 0) is 47.7 Å². The van der Waals surface area contributed by atoms with Crippen LogP contribution < -0.4 is 0 Å². The Morgan fingerprint density at radius 1 is 1.21 bits per heavy atom. The zero-order chi connectivity index (χ0) is 14.0. The maximum atomic E-state index is 13.8. The van der Waals surface area contributed by atoms with E-state index in [2.05, 4.69) is 15.9 Å². The average molecular weight is 323 g/mol. The van der Waals surface area contributed by atoms with E-state index in [9.17, 15) is 9.50 Å². The van der Waals surface area contributed by atoms with Gasteiger partial charge < -0.3 is 5.11 Å². The van der Waals surface area contributed by atoms with Gasteiger partial charge in [0.1, 0.15) is 11.9 Å². The molecule has 2 aromatic rings. The van der Waals surface area contributed by atoms with Crippen LogP contribution in [0.3, 0.4) is 0 Å². The molecule has 19 heavy (non-hydrogen) atoms. The Kier molecular flexibility index (Phi) is 4.38. The molecule has 1 unspecified atom stereocenters. The minimum Gasteiger partial charge on any atom is -0.384 e. The molecule has 1 nitrogen and oxygen atoms in total. The molecule has 100 valence electrons. The number of halogens is 2. The molecule has 0 aliphatic carbocycles. The molecule has 0 bridgehead atoms. The van der Waals surface area contributed by atoms with Gasteiger partial charge in [-0.15, -0.1) is 0 Å². The summed E-state index contributed by atoms with van der Waals surface area (Å²) in [6, 6.07) is 10.6. The van der Waals surface area contributed by atoms with Gasteiger partial charge in [-0.3, -0.25) is 0 Å². The lowest BCUT2D eigenvalue weighted by Crippen LogP contribution is -2.02. The second-order valence-corrected chi connectivity index (χ2v) is 5.49. The van der Waals surface area contributed by atoms with Gasteiger partial charge in [0.05, 0.1) is 0 Å². The number of aliphatic hydroxyl groups is 1. The summed E-state index contributed by atoms with van der Waals surface area (Å²) in [4.78, 5) is 0. The molecule has 0 amide bonds. The van der Waals surface area contributed by atoms with Gasteiger partial charge in [0, 0.05) is 4.47 Å². The number of rotatable bonds is 3. The number of benzene rings is 2. The van der Waals surface area contributed by atoms with Gasteiger partial charge in [-0.25, -0.2) is 4.39 Å². The van der Waals surface area contributed by atoms with E-state index in [0.717, 1.165) is 15.6 Å². The summed E-state index contributed by atoms with van der Waals surface area (Å²) in [5.41, 5.74) is 3.09. The van der Waals surface area contributed by atoms with Crippen molar-refractivity contribution < 1.29 is 9.50 Å². The highest BCUT2D eigenvalue weighted by Gasteiger charge is 2.15. The first kappa shape index (κ1) is 14.2. The van der Waals surface area contributed by atoms with Crippen molar-refractivity contribution in [3.63, 3.8) is 0 Å². The molecule has 0 saturated heterocycles. The molecule has 1 N–H and O–H groups in total. The smallest absolute Gasteiger partial charge is 0.126 e. The highest BCUT2D eigenvalue weighted by Crippen LogP contribution is 2.30. The van der Waals surface area contributed by atoms with Crippen molar-refractivity contribution in [2.75, 3.05) is 0 Å². The van der Waals surface area contributed by atoms with Crippen LogP contribution in [0.1, 0.15) is 35.3 Å². The van der Waals surface area contributed by atoms with Crippen molar-refractivity contribution in [2.24, 2.45) is 0 Å². The van der Waals surface area contributed by atoms with E-state index < -0.39 is 6.10 Å². The topological polar surface area (TPSA) is 20.2 Å². The molecule has 2 rings (SSSR count). The summed E-state index contributed by atoms with van der Waals surface area (Å²) < 4.78 is 14.6. The van der Waals surface area contributed by atoms with Crippen LogP contribution in [0.5, 0.6) is 0 Å². The van der Waals surface area contributed by atoms with E-state index in [1.807, 2.05) is 32.0 Å². The maximum Gasteiger partial charge on any atom is 0.126 e. The third kappa shape index (κ3) is 3.04. The molecule has 3 heteroatoms. The lowest BCUT2D eigenvalue weighted by Gasteiger charge is -2.15. The Labute approximate surface area is 121 Å². The van der Waals surface area contributed by atoms with Crippen LogP contribution in [-0.2, 0) is 6.42 Å². The fourth-order valence-corrected chi connectivity index (χ4v) is 2.76. The lowest BCUT2D eigenvalue weighted by atomic mass is 9.99. The first-order chi connectivity index (χ1) is 9.02. The van der Waals surface area contributed by atoms with Crippen molar-refractivity contribution in [3.8, 4) is 0 Å². The molecule has 0 radical (unpaired) electrons. The molecule has 0 aliphatic heterocycles. The highest BCUT2D eigenvalue weighted by atomic mass is 79.9. The quantitative estimate of drug-likeness (QED) is 0.879. The Morgan fingerprint density at radius 3 is 2.53 bits per heavy atom. The van der Waals surface area contributed by atoms with E-state index in [-0.39, 0.29) is 5.82 Å². The Bertz CT molecular complexity index is 595. The maximum absolute atomic E-state index is 13.8. The predicted molar refractivity (Wildman–Crippen MR) is 78.7 cm³/mol. The molecular weight excluding hydrogens is 307 g/mol. The average Bonchev–Trinajstić information content (AvgIpc) is 2.38. The number of hydrogen-bond donors (Lipinski definition) is 1. The van der Waals surface area contributed by atoms with Crippen molar-refractivity contribution in [3.05, 3.63) is 68.9 Å². The van der Waals surface area contributed by atoms with Crippen molar-refractivity contribution in [1.82, 2.24) is 0 Å². The zero-order valence-electron chi connectivity index (χ0n) is 11.0. The standard InChI is InChI=1S/C16H16BrFO/c1-3-11-5-6-12(9-15(11)18)16(19)13-7-4-10(2)8-14(13)17/h4-9,16,19H,3H2,1-2H3. The fraction of sp³-hybridized carbons (Fsp3) is 0.250. The molecule has 1 atom stereocenters. The van der Waals surface area contributed by atoms with Crippen molar-refractivity contribution in [2.45, 2.75) is 26.4 Å². The molecule has 0 heterocycles. The van der Waals surface area contributed by atoms with Gasteiger partial charge >= 0.3 is 0 Å². The summed E-state index contributed by atoms with van der Waals surface area (Å²) in [7, 11) is 0. The summed E-state index contributed by atoms with van der Waals surface area (Å²) in [6.07, 6.45) is -0.174. The summed E-state index contributed by atoms with van der Waals surface area (Å²) in [5, 5.41) is 10.4. The number of aliphatic hydroxyl groups excluding tert-OH is 1. The van der Waals surface area contributed by atoms with Crippen LogP contribution in [-0.4, -0.2) is 5.11 Å². The largest absolute Gasteiger partial charge is 0.384 e. The Balaban J connectivity index is 2.38. The molecule has 0 aromatic heterocycles.